The number of ether oxygens (including phenoxy) is 3. The van der Waals surface area contributed by atoms with E-state index in [4.69, 9.17) is 14.2 Å². The van der Waals surface area contributed by atoms with Crippen LogP contribution in [0.2, 0.25) is 0 Å². The zero-order valence-electron chi connectivity index (χ0n) is 17.9. The van der Waals surface area contributed by atoms with Crippen molar-refractivity contribution in [2.24, 2.45) is 0 Å². The highest BCUT2D eigenvalue weighted by Gasteiger charge is 2.33. The van der Waals surface area contributed by atoms with E-state index in [2.05, 4.69) is 0 Å². The molecule has 0 bridgehead atoms. The van der Waals surface area contributed by atoms with Crippen LogP contribution in [0.5, 0.6) is 17.2 Å². The molecular formula is C26H27NO4. The maximum absolute atomic E-state index is 13.3. The molecule has 4 rings (SSSR count). The Labute approximate surface area is 183 Å². The molecule has 0 unspecified atom stereocenters. The zero-order valence-corrected chi connectivity index (χ0v) is 17.9. The van der Waals surface area contributed by atoms with E-state index >= 15 is 0 Å². The molecule has 0 radical (unpaired) electrons. The lowest BCUT2D eigenvalue weighted by molar-refractivity contribution is 0.0729. The average molecular weight is 418 g/mol. The molecule has 0 atom stereocenters. The Balaban J connectivity index is 1.49. The van der Waals surface area contributed by atoms with Crippen molar-refractivity contribution in [3.05, 3.63) is 89.5 Å². The summed E-state index contributed by atoms with van der Waals surface area (Å²) in [5.74, 6) is 1.99. The van der Waals surface area contributed by atoms with Gasteiger partial charge in [0.1, 0.15) is 12.4 Å². The largest absolute Gasteiger partial charge is 0.497 e. The Hall–Kier alpha value is -3.47. The summed E-state index contributed by atoms with van der Waals surface area (Å²) in [5.41, 5.74) is 2.75. The highest BCUT2D eigenvalue weighted by molar-refractivity contribution is 5.95. The Bertz CT molecular complexity index is 1010. The molecule has 0 aromatic heterocycles. The second-order valence-electron chi connectivity index (χ2n) is 7.65. The molecule has 31 heavy (non-hydrogen) atoms. The first-order chi connectivity index (χ1) is 15.2. The molecule has 0 saturated heterocycles. The fourth-order valence-corrected chi connectivity index (χ4v) is 3.50. The van der Waals surface area contributed by atoms with Crippen LogP contribution in [0.15, 0.2) is 72.8 Å². The van der Waals surface area contributed by atoms with Crippen LogP contribution >= 0.6 is 0 Å². The van der Waals surface area contributed by atoms with E-state index in [0.29, 0.717) is 30.2 Å². The van der Waals surface area contributed by atoms with E-state index in [0.717, 1.165) is 29.7 Å². The van der Waals surface area contributed by atoms with Gasteiger partial charge in [-0.3, -0.25) is 4.79 Å². The van der Waals surface area contributed by atoms with Gasteiger partial charge in [-0.15, -0.1) is 0 Å². The first-order valence-corrected chi connectivity index (χ1v) is 10.5. The van der Waals surface area contributed by atoms with E-state index in [9.17, 15) is 4.79 Å². The predicted octanol–water partition coefficient (Wildman–Crippen LogP) is 5.09. The minimum Gasteiger partial charge on any atom is -0.497 e. The summed E-state index contributed by atoms with van der Waals surface area (Å²) >= 11 is 0. The van der Waals surface area contributed by atoms with Crippen LogP contribution in [0.25, 0.3) is 0 Å². The predicted molar refractivity (Wildman–Crippen MR) is 120 cm³/mol. The molecule has 1 aliphatic carbocycles. The van der Waals surface area contributed by atoms with Crippen molar-refractivity contribution in [1.29, 1.82) is 0 Å². The van der Waals surface area contributed by atoms with Gasteiger partial charge in [0, 0.05) is 18.2 Å². The van der Waals surface area contributed by atoms with Gasteiger partial charge in [-0.25, -0.2) is 0 Å². The van der Waals surface area contributed by atoms with Crippen molar-refractivity contribution < 1.29 is 19.0 Å². The number of hydrogen-bond acceptors (Lipinski definition) is 4. The zero-order chi connectivity index (χ0) is 21.6. The second kappa shape index (κ2) is 9.56. The van der Waals surface area contributed by atoms with Gasteiger partial charge >= 0.3 is 0 Å². The Morgan fingerprint density at radius 1 is 0.871 bits per heavy atom. The minimum atomic E-state index is 0.00577. The molecule has 5 heteroatoms. The highest BCUT2D eigenvalue weighted by atomic mass is 16.5. The van der Waals surface area contributed by atoms with Gasteiger partial charge in [-0.1, -0.05) is 42.5 Å². The number of nitrogens with zero attached hydrogens (tertiary/aromatic N) is 1. The first-order valence-electron chi connectivity index (χ1n) is 10.5. The Kier molecular flexibility index (Phi) is 6.41. The smallest absolute Gasteiger partial charge is 0.254 e. The SMILES string of the molecule is COc1ccc(CN(C(=O)c2ccc(OCc3ccccc3)c(OC)c2)C2CC2)cc1. The second-order valence-corrected chi connectivity index (χ2v) is 7.65. The van der Waals surface area contributed by atoms with E-state index in [1.54, 1.807) is 20.3 Å². The molecule has 0 aliphatic heterocycles. The molecule has 1 aliphatic rings. The number of rotatable bonds is 9. The lowest BCUT2D eigenvalue weighted by Gasteiger charge is -2.23. The Morgan fingerprint density at radius 3 is 2.26 bits per heavy atom. The number of benzene rings is 3. The van der Waals surface area contributed by atoms with Crippen LogP contribution in [-0.4, -0.2) is 31.1 Å². The van der Waals surface area contributed by atoms with Crippen molar-refractivity contribution >= 4 is 5.91 Å². The maximum Gasteiger partial charge on any atom is 0.254 e. The van der Waals surface area contributed by atoms with Crippen molar-refractivity contribution in [2.45, 2.75) is 32.0 Å². The standard InChI is InChI=1S/C26H27NO4/c1-29-23-13-8-19(9-14-23)17-27(22-11-12-22)26(28)21-10-15-24(25(16-21)30-2)31-18-20-6-4-3-5-7-20/h3-10,13-16,22H,11-12,17-18H2,1-2H3. The minimum absolute atomic E-state index is 0.00577. The summed E-state index contributed by atoms with van der Waals surface area (Å²) in [6.07, 6.45) is 2.08. The van der Waals surface area contributed by atoms with Crippen molar-refractivity contribution in [3.63, 3.8) is 0 Å². The van der Waals surface area contributed by atoms with E-state index < -0.39 is 0 Å². The molecule has 5 nitrogen and oxygen atoms in total. The van der Waals surface area contributed by atoms with Crippen molar-refractivity contribution in [3.8, 4) is 17.2 Å². The lowest BCUT2D eigenvalue weighted by Crippen LogP contribution is -2.32. The molecule has 1 fully saturated rings. The van der Waals surface area contributed by atoms with Gasteiger partial charge in [-0.05, 0) is 54.3 Å². The van der Waals surface area contributed by atoms with Crippen molar-refractivity contribution in [1.82, 2.24) is 4.90 Å². The van der Waals surface area contributed by atoms with Crippen LogP contribution in [0.3, 0.4) is 0 Å². The van der Waals surface area contributed by atoms with E-state index in [1.165, 1.54) is 0 Å². The first kappa shape index (κ1) is 20.8. The van der Waals surface area contributed by atoms with E-state index in [1.807, 2.05) is 71.6 Å². The molecule has 3 aromatic rings. The average Bonchev–Trinajstić information content (AvgIpc) is 3.67. The third kappa shape index (κ3) is 5.18. The van der Waals surface area contributed by atoms with Gasteiger partial charge in [0.25, 0.3) is 5.91 Å². The monoisotopic (exact) mass is 417 g/mol. The summed E-state index contributed by atoms with van der Waals surface area (Å²) in [5, 5.41) is 0. The van der Waals surface area contributed by atoms with Gasteiger partial charge in [-0.2, -0.15) is 0 Å². The molecule has 0 N–H and O–H groups in total. The summed E-state index contributed by atoms with van der Waals surface area (Å²) < 4.78 is 16.7. The third-order valence-corrected chi connectivity index (χ3v) is 5.41. The van der Waals surface area contributed by atoms with Crippen LogP contribution in [-0.2, 0) is 13.2 Å². The number of methoxy groups -OCH3 is 2. The number of amides is 1. The summed E-state index contributed by atoms with van der Waals surface area (Å²) in [7, 11) is 3.24. The molecule has 1 amide bonds. The van der Waals surface area contributed by atoms with Gasteiger partial charge < -0.3 is 19.1 Å². The number of carbonyl (C=O) groups is 1. The van der Waals surface area contributed by atoms with Crippen LogP contribution in [0.1, 0.15) is 34.3 Å². The molecule has 1 saturated carbocycles. The van der Waals surface area contributed by atoms with Gasteiger partial charge in [0.05, 0.1) is 14.2 Å². The van der Waals surface area contributed by atoms with Crippen molar-refractivity contribution in [2.75, 3.05) is 14.2 Å². The van der Waals surface area contributed by atoms with Crippen LogP contribution < -0.4 is 14.2 Å². The fraction of sp³-hybridized carbons (Fsp3) is 0.269. The molecular weight excluding hydrogens is 390 g/mol. The van der Waals surface area contributed by atoms with E-state index in [-0.39, 0.29) is 11.9 Å². The summed E-state index contributed by atoms with van der Waals surface area (Å²) in [4.78, 5) is 15.3. The summed E-state index contributed by atoms with van der Waals surface area (Å²) in [6.45, 7) is 1.01. The maximum atomic E-state index is 13.3. The normalized spacial score (nSPS) is 12.8. The Morgan fingerprint density at radius 2 is 1.61 bits per heavy atom. The van der Waals surface area contributed by atoms with Crippen LogP contribution in [0.4, 0.5) is 0 Å². The highest BCUT2D eigenvalue weighted by Crippen LogP contribution is 2.33. The quantitative estimate of drug-likeness (QED) is 0.487. The number of carbonyl (C=O) groups excluding carboxylic acids is 1. The molecule has 3 aromatic carbocycles. The number of hydrogen-bond donors (Lipinski definition) is 0. The fourth-order valence-electron chi connectivity index (χ4n) is 3.50. The molecule has 0 heterocycles. The topological polar surface area (TPSA) is 48.0 Å². The lowest BCUT2D eigenvalue weighted by atomic mass is 10.1. The third-order valence-electron chi connectivity index (χ3n) is 5.41. The van der Waals surface area contributed by atoms with Crippen LogP contribution in [0, 0.1) is 0 Å². The van der Waals surface area contributed by atoms with Gasteiger partial charge in [0.2, 0.25) is 0 Å². The van der Waals surface area contributed by atoms with Gasteiger partial charge in [0.15, 0.2) is 11.5 Å². The molecule has 0 spiro atoms. The summed E-state index contributed by atoms with van der Waals surface area (Å²) in [6, 6.07) is 23.5. The molecule has 160 valence electrons.